The van der Waals surface area contributed by atoms with Crippen LogP contribution in [0.4, 0.5) is 0 Å². The molecule has 0 saturated heterocycles. The Morgan fingerprint density at radius 1 is 1.06 bits per heavy atom. The molecule has 0 amide bonds. The molecule has 1 aromatic carbocycles. The van der Waals surface area contributed by atoms with Crippen LogP contribution in [0.3, 0.4) is 0 Å². The Morgan fingerprint density at radius 3 is 1.82 bits per heavy atom. The lowest BCUT2D eigenvalue weighted by molar-refractivity contribution is 0.602. The fourth-order valence-corrected chi connectivity index (χ4v) is 3.31. The molecule has 17 heavy (non-hydrogen) atoms. The summed E-state index contributed by atoms with van der Waals surface area (Å²) in [6.07, 6.45) is 2.38. The molecule has 0 aromatic heterocycles. The normalized spacial score (nSPS) is 11.5. The highest BCUT2D eigenvalue weighted by Crippen LogP contribution is 2.26. The van der Waals surface area contributed by atoms with Crippen molar-refractivity contribution in [3.05, 3.63) is 40.8 Å². The van der Waals surface area contributed by atoms with E-state index in [1.807, 2.05) is 26.0 Å². The summed E-state index contributed by atoms with van der Waals surface area (Å²) in [6.45, 7) is 9.46. The van der Waals surface area contributed by atoms with Crippen molar-refractivity contribution >= 4 is 9.84 Å². The van der Waals surface area contributed by atoms with E-state index >= 15 is 0 Å². The van der Waals surface area contributed by atoms with Gasteiger partial charge in [0.25, 0.3) is 0 Å². The van der Waals surface area contributed by atoms with Crippen LogP contribution >= 0.6 is 0 Å². The first-order chi connectivity index (χ1) is 8.00. The monoisotopic (exact) mass is 252 g/mol. The molecule has 1 aromatic rings. The number of rotatable bonds is 5. The maximum absolute atomic E-state index is 12.0. The van der Waals surface area contributed by atoms with Crippen molar-refractivity contribution < 1.29 is 8.42 Å². The van der Waals surface area contributed by atoms with E-state index in [-0.39, 0.29) is 0 Å². The average molecular weight is 252 g/mol. The van der Waals surface area contributed by atoms with Gasteiger partial charge in [-0.05, 0) is 36.0 Å². The molecule has 2 nitrogen and oxygen atoms in total. The molecule has 0 aliphatic carbocycles. The third kappa shape index (κ3) is 2.78. The van der Waals surface area contributed by atoms with Crippen molar-refractivity contribution in [2.45, 2.75) is 44.9 Å². The van der Waals surface area contributed by atoms with Gasteiger partial charge in [0.2, 0.25) is 0 Å². The Balaban J connectivity index is 3.62. The van der Waals surface area contributed by atoms with Gasteiger partial charge in [-0.3, -0.25) is 0 Å². The summed E-state index contributed by atoms with van der Waals surface area (Å²) in [5.41, 5.74) is 3.00. The van der Waals surface area contributed by atoms with Crippen molar-refractivity contribution in [2.75, 3.05) is 0 Å². The van der Waals surface area contributed by atoms with Crippen LogP contribution in [0.2, 0.25) is 0 Å². The van der Waals surface area contributed by atoms with Crippen molar-refractivity contribution in [3.8, 4) is 0 Å². The Labute approximate surface area is 104 Å². The Bertz CT molecular complexity index is 488. The molecular formula is C14H20O2S. The van der Waals surface area contributed by atoms with E-state index in [9.17, 15) is 8.42 Å². The molecule has 1 rings (SSSR count). The highest BCUT2D eigenvalue weighted by molar-refractivity contribution is 7.94. The van der Waals surface area contributed by atoms with E-state index in [1.54, 1.807) is 0 Å². The van der Waals surface area contributed by atoms with Crippen molar-refractivity contribution in [3.63, 3.8) is 0 Å². The SMILES string of the molecule is C=CS(=O)(=O)c1c(CC)cc(CC)cc1CC. The summed E-state index contributed by atoms with van der Waals surface area (Å²) in [5.74, 6) is 0. The van der Waals surface area contributed by atoms with Gasteiger partial charge in [0.1, 0.15) is 0 Å². The molecule has 94 valence electrons. The number of benzene rings is 1. The molecule has 0 radical (unpaired) electrons. The van der Waals surface area contributed by atoms with Gasteiger partial charge in [-0.25, -0.2) is 8.42 Å². The molecule has 0 bridgehead atoms. The van der Waals surface area contributed by atoms with Gasteiger partial charge in [0.15, 0.2) is 9.84 Å². The lowest BCUT2D eigenvalue weighted by atomic mass is 10.0. The minimum Gasteiger partial charge on any atom is -0.219 e. The topological polar surface area (TPSA) is 34.1 Å². The van der Waals surface area contributed by atoms with Gasteiger partial charge in [0, 0.05) is 5.41 Å². The van der Waals surface area contributed by atoms with Crippen LogP contribution in [-0.4, -0.2) is 8.42 Å². The van der Waals surface area contributed by atoms with Crippen molar-refractivity contribution in [2.24, 2.45) is 0 Å². The van der Waals surface area contributed by atoms with Crippen LogP contribution in [-0.2, 0) is 29.1 Å². The van der Waals surface area contributed by atoms with E-state index in [2.05, 4.69) is 13.5 Å². The summed E-state index contributed by atoms with van der Waals surface area (Å²) in [6, 6.07) is 3.99. The standard InChI is InChI=1S/C14H20O2S/c1-5-11-9-12(6-2)14(13(7-3)10-11)17(15,16)8-4/h8-10H,4-7H2,1-3H3. The molecule has 0 unspecified atom stereocenters. The van der Waals surface area contributed by atoms with E-state index in [0.29, 0.717) is 4.90 Å². The summed E-state index contributed by atoms with van der Waals surface area (Å²) in [7, 11) is -3.34. The van der Waals surface area contributed by atoms with Crippen LogP contribution in [0.1, 0.15) is 37.5 Å². The maximum atomic E-state index is 12.0. The summed E-state index contributed by atoms with van der Waals surface area (Å²) >= 11 is 0. The number of hydrogen-bond acceptors (Lipinski definition) is 2. The first kappa shape index (κ1) is 14.0. The van der Waals surface area contributed by atoms with Gasteiger partial charge in [-0.15, -0.1) is 0 Å². The lowest BCUT2D eigenvalue weighted by Crippen LogP contribution is -2.06. The predicted molar refractivity (Wildman–Crippen MR) is 72.0 cm³/mol. The van der Waals surface area contributed by atoms with E-state index in [4.69, 9.17) is 0 Å². The average Bonchev–Trinajstić information content (AvgIpc) is 2.36. The zero-order chi connectivity index (χ0) is 13.1. The second kappa shape index (κ2) is 5.50. The zero-order valence-corrected chi connectivity index (χ0v) is 11.6. The molecule has 0 N–H and O–H groups in total. The van der Waals surface area contributed by atoms with E-state index in [1.165, 1.54) is 5.56 Å². The fraction of sp³-hybridized carbons (Fsp3) is 0.429. The minimum atomic E-state index is -3.34. The molecule has 0 aliphatic rings. The predicted octanol–water partition coefficient (Wildman–Crippen LogP) is 3.29. The molecule has 0 heterocycles. The zero-order valence-electron chi connectivity index (χ0n) is 10.8. The van der Waals surface area contributed by atoms with Gasteiger partial charge in [-0.2, -0.15) is 0 Å². The van der Waals surface area contributed by atoms with Gasteiger partial charge < -0.3 is 0 Å². The molecule has 0 spiro atoms. The molecular weight excluding hydrogens is 232 g/mol. The molecule has 0 saturated carbocycles. The number of sulfone groups is 1. The fourth-order valence-electron chi connectivity index (χ4n) is 2.00. The Hall–Kier alpha value is -1.09. The number of hydrogen-bond donors (Lipinski definition) is 0. The molecule has 0 atom stereocenters. The van der Waals surface area contributed by atoms with Gasteiger partial charge >= 0.3 is 0 Å². The first-order valence-corrected chi connectivity index (χ1v) is 7.56. The smallest absolute Gasteiger partial charge is 0.199 e. The summed E-state index contributed by atoms with van der Waals surface area (Å²) in [5, 5.41) is 1.05. The Morgan fingerprint density at radius 2 is 1.53 bits per heavy atom. The lowest BCUT2D eigenvalue weighted by Gasteiger charge is -2.13. The number of aryl methyl sites for hydroxylation is 3. The van der Waals surface area contributed by atoms with Crippen LogP contribution in [0.25, 0.3) is 0 Å². The molecule has 3 heteroatoms. The van der Waals surface area contributed by atoms with Crippen molar-refractivity contribution in [1.29, 1.82) is 0 Å². The summed E-state index contributed by atoms with van der Waals surface area (Å²) < 4.78 is 24.1. The molecule has 0 fully saturated rings. The summed E-state index contributed by atoms with van der Waals surface area (Å²) in [4.78, 5) is 0.467. The largest absolute Gasteiger partial charge is 0.219 e. The van der Waals surface area contributed by atoms with E-state index in [0.717, 1.165) is 35.8 Å². The first-order valence-electron chi connectivity index (χ1n) is 6.02. The second-order valence-corrected chi connectivity index (χ2v) is 5.85. The third-order valence-corrected chi connectivity index (χ3v) is 4.51. The van der Waals surface area contributed by atoms with Crippen LogP contribution in [0.5, 0.6) is 0 Å². The quantitative estimate of drug-likeness (QED) is 0.806. The maximum Gasteiger partial charge on any atom is 0.199 e. The van der Waals surface area contributed by atoms with Crippen LogP contribution in [0.15, 0.2) is 29.0 Å². The van der Waals surface area contributed by atoms with Crippen LogP contribution < -0.4 is 0 Å². The van der Waals surface area contributed by atoms with E-state index < -0.39 is 9.84 Å². The van der Waals surface area contributed by atoms with Gasteiger partial charge in [0.05, 0.1) is 4.90 Å². The Kier molecular flexibility index (Phi) is 4.52. The van der Waals surface area contributed by atoms with Crippen LogP contribution in [0, 0.1) is 0 Å². The highest BCUT2D eigenvalue weighted by Gasteiger charge is 2.19. The molecule has 0 aliphatic heterocycles. The minimum absolute atomic E-state index is 0.467. The van der Waals surface area contributed by atoms with Gasteiger partial charge in [-0.1, -0.05) is 39.5 Å². The van der Waals surface area contributed by atoms with Crippen molar-refractivity contribution in [1.82, 2.24) is 0 Å². The third-order valence-electron chi connectivity index (χ3n) is 2.98. The highest BCUT2D eigenvalue weighted by atomic mass is 32.2. The second-order valence-electron chi connectivity index (χ2n) is 4.02.